The van der Waals surface area contributed by atoms with Crippen molar-refractivity contribution >= 4 is 21.9 Å². The van der Waals surface area contributed by atoms with Crippen LogP contribution in [-0.4, -0.2) is 46.7 Å². The maximum absolute atomic E-state index is 5.52. The fourth-order valence-corrected chi connectivity index (χ4v) is 4.07. The van der Waals surface area contributed by atoms with Crippen LogP contribution in [0.3, 0.4) is 0 Å². The molecule has 0 bridgehead atoms. The summed E-state index contributed by atoms with van der Waals surface area (Å²) in [5, 5.41) is 2.32. The summed E-state index contributed by atoms with van der Waals surface area (Å²) in [6.07, 6.45) is 5.34. The zero-order valence-electron chi connectivity index (χ0n) is 16.5. The van der Waals surface area contributed by atoms with Crippen molar-refractivity contribution in [3.05, 3.63) is 42.2 Å². The summed E-state index contributed by atoms with van der Waals surface area (Å²) in [4.78, 5) is 10.5. The zero-order valence-corrected chi connectivity index (χ0v) is 16.5. The Hall–Kier alpha value is -2.99. The highest BCUT2D eigenvalue weighted by molar-refractivity contribution is 5.99. The number of aryl methyl sites for hydroxylation is 1. The van der Waals surface area contributed by atoms with E-state index in [2.05, 4.69) is 37.8 Å². The third-order valence-electron chi connectivity index (χ3n) is 5.75. The van der Waals surface area contributed by atoms with Gasteiger partial charge in [0, 0.05) is 54.1 Å². The Balaban J connectivity index is 1.65. The first-order valence-corrected chi connectivity index (χ1v) is 9.58. The molecule has 144 valence electrons. The second-order valence-corrected chi connectivity index (χ2v) is 7.42. The molecule has 0 atom stereocenters. The van der Waals surface area contributed by atoms with E-state index < -0.39 is 0 Å². The predicted molar refractivity (Wildman–Crippen MR) is 111 cm³/mol. The summed E-state index contributed by atoms with van der Waals surface area (Å²) in [6.45, 7) is 3.36. The number of nitrogens with zero attached hydrogens (tertiary/aromatic N) is 3. The van der Waals surface area contributed by atoms with Gasteiger partial charge in [-0.25, -0.2) is 4.98 Å². The van der Waals surface area contributed by atoms with Crippen LogP contribution in [-0.2, 0) is 13.6 Å². The number of pyridine rings is 1. The number of likely N-dealkylation sites (tertiary alicyclic amines) is 1. The van der Waals surface area contributed by atoms with Crippen molar-refractivity contribution in [2.24, 2.45) is 7.05 Å². The first-order valence-electron chi connectivity index (χ1n) is 9.58. The lowest BCUT2D eigenvalue weighted by Gasteiger charge is -2.30. The fourth-order valence-electron chi connectivity index (χ4n) is 4.07. The molecule has 1 fully saturated rings. The molecule has 4 heterocycles. The standard InChI is InChI=1S/C22H24N4O2/c1-25-13-17(16-10-20(27-2)21(28-3)11-19(16)25)18-9-15-14(12-26-7-4-8-26)5-6-23-22(15)24-18/h5-6,9-11,13H,4,7-8,12H2,1-3H3,(H,23,24). The second kappa shape index (κ2) is 6.56. The van der Waals surface area contributed by atoms with E-state index in [0.717, 1.165) is 45.9 Å². The number of methoxy groups -OCH3 is 2. The number of nitrogens with one attached hydrogen (secondary N) is 1. The molecule has 1 aromatic carbocycles. The molecule has 0 unspecified atom stereocenters. The van der Waals surface area contributed by atoms with Crippen LogP contribution in [0.15, 0.2) is 36.7 Å². The molecular formula is C22H24N4O2. The van der Waals surface area contributed by atoms with Crippen molar-refractivity contribution in [3.8, 4) is 22.8 Å². The summed E-state index contributed by atoms with van der Waals surface area (Å²) in [6, 6.07) is 8.43. The maximum atomic E-state index is 5.52. The first-order chi connectivity index (χ1) is 13.7. The lowest BCUT2D eigenvalue weighted by Crippen LogP contribution is -2.36. The smallest absolute Gasteiger partial charge is 0.162 e. The largest absolute Gasteiger partial charge is 0.493 e. The van der Waals surface area contributed by atoms with Gasteiger partial charge in [-0.3, -0.25) is 4.90 Å². The molecule has 5 rings (SSSR count). The molecule has 4 aromatic rings. The molecule has 1 saturated heterocycles. The van der Waals surface area contributed by atoms with Crippen molar-refractivity contribution in [1.82, 2.24) is 19.4 Å². The van der Waals surface area contributed by atoms with Crippen molar-refractivity contribution < 1.29 is 9.47 Å². The fraction of sp³-hybridized carbons (Fsp3) is 0.318. The maximum Gasteiger partial charge on any atom is 0.162 e. The van der Waals surface area contributed by atoms with Gasteiger partial charge < -0.3 is 19.0 Å². The Labute approximate surface area is 163 Å². The Kier molecular flexibility index (Phi) is 4.02. The topological polar surface area (TPSA) is 55.3 Å². The molecule has 1 N–H and O–H groups in total. The van der Waals surface area contributed by atoms with E-state index in [0.29, 0.717) is 0 Å². The van der Waals surface area contributed by atoms with Crippen LogP contribution in [0.2, 0.25) is 0 Å². The molecule has 6 nitrogen and oxygen atoms in total. The number of ether oxygens (including phenoxy) is 2. The van der Waals surface area contributed by atoms with E-state index in [1.54, 1.807) is 14.2 Å². The highest BCUT2D eigenvalue weighted by Gasteiger charge is 2.18. The van der Waals surface area contributed by atoms with Crippen molar-refractivity contribution in [2.45, 2.75) is 13.0 Å². The zero-order chi connectivity index (χ0) is 19.3. The molecule has 6 heteroatoms. The van der Waals surface area contributed by atoms with Crippen LogP contribution in [0.4, 0.5) is 0 Å². The van der Waals surface area contributed by atoms with Crippen LogP contribution in [0, 0.1) is 0 Å². The molecule has 1 aliphatic rings. The van der Waals surface area contributed by atoms with E-state index in [9.17, 15) is 0 Å². The number of hydrogen-bond acceptors (Lipinski definition) is 4. The minimum atomic E-state index is 0.732. The minimum absolute atomic E-state index is 0.732. The summed E-state index contributed by atoms with van der Waals surface area (Å²) in [5.41, 5.74) is 5.56. The van der Waals surface area contributed by atoms with Gasteiger partial charge in [0.1, 0.15) is 5.65 Å². The van der Waals surface area contributed by atoms with Crippen LogP contribution in [0.25, 0.3) is 33.2 Å². The number of hydrogen-bond donors (Lipinski definition) is 1. The third-order valence-corrected chi connectivity index (χ3v) is 5.75. The first kappa shape index (κ1) is 17.1. The van der Waals surface area contributed by atoms with E-state index in [4.69, 9.17) is 9.47 Å². The van der Waals surface area contributed by atoms with Crippen molar-refractivity contribution in [3.63, 3.8) is 0 Å². The Morgan fingerprint density at radius 2 is 1.86 bits per heavy atom. The van der Waals surface area contributed by atoms with Crippen LogP contribution in [0.1, 0.15) is 12.0 Å². The van der Waals surface area contributed by atoms with Gasteiger partial charge in [0.25, 0.3) is 0 Å². The number of benzene rings is 1. The molecule has 0 spiro atoms. The highest BCUT2D eigenvalue weighted by atomic mass is 16.5. The monoisotopic (exact) mass is 376 g/mol. The van der Waals surface area contributed by atoms with Gasteiger partial charge in [-0.05, 0) is 43.3 Å². The van der Waals surface area contributed by atoms with Crippen LogP contribution >= 0.6 is 0 Å². The molecule has 1 aliphatic heterocycles. The molecule has 0 saturated carbocycles. The molecule has 3 aromatic heterocycles. The van der Waals surface area contributed by atoms with E-state index >= 15 is 0 Å². The average molecular weight is 376 g/mol. The lowest BCUT2D eigenvalue weighted by molar-refractivity contribution is 0.173. The molecule has 0 radical (unpaired) electrons. The number of fused-ring (bicyclic) bond motifs is 2. The SMILES string of the molecule is COc1cc2c(-c3cc4c(CN5CCC5)ccnc4[nH]3)cn(C)c2cc1OC. The Morgan fingerprint density at radius 3 is 2.57 bits per heavy atom. The molecule has 0 amide bonds. The van der Waals surface area contributed by atoms with Gasteiger partial charge in [0.15, 0.2) is 11.5 Å². The van der Waals surface area contributed by atoms with Crippen molar-refractivity contribution in [1.29, 1.82) is 0 Å². The van der Waals surface area contributed by atoms with Gasteiger partial charge in [-0.2, -0.15) is 0 Å². The lowest BCUT2D eigenvalue weighted by atomic mass is 10.1. The normalized spacial score (nSPS) is 14.5. The Bertz CT molecular complexity index is 1170. The summed E-state index contributed by atoms with van der Waals surface area (Å²) in [7, 11) is 5.38. The number of rotatable bonds is 5. The molecular weight excluding hydrogens is 352 g/mol. The third kappa shape index (κ3) is 2.64. The predicted octanol–water partition coefficient (Wildman–Crippen LogP) is 3.94. The highest BCUT2D eigenvalue weighted by Crippen LogP contribution is 2.38. The number of H-pyrrole nitrogens is 1. The molecule has 0 aliphatic carbocycles. The second-order valence-electron chi connectivity index (χ2n) is 7.42. The van der Waals surface area contributed by atoms with Gasteiger partial charge in [-0.15, -0.1) is 0 Å². The van der Waals surface area contributed by atoms with Crippen LogP contribution in [0.5, 0.6) is 11.5 Å². The van der Waals surface area contributed by atoms with Gasteiger partial charge >= 0.3 is 0 Å². The Morgan fingerprint density at radius 1 is 1.07 bits per heavy atom. The van der Waals surface area contributed by atoms with Gasteiger partial charge in [-0.1, -0.05) is 0 Å². The summed E-state index contributed by atoms with van der Waals surface area (Å²) in [5.74, 6) is 1.47. The quantitative estimate of drug-likeness (QED) is 0.573. The van der Waals surface area contributed by atoms with Gasteiger partial charge in [0.05, 0.1) is 19.7 Å². The molecule has 28 heavy (non-hydrogen) atoms. The van der Waals surface area contributed by atoms with Crippen molar-refractivity contribution in [2.75, 3.05) is 27.3 Å². The van der Waals surface area contributed by atoms with Gasteiger partial charge in [0.2, 0.25) is 0 Å². The average Bonchev–Trinajstić information content (AvgIpc) is 3.25. The summed E-state index contributed by atoms with van der Waals surface area (Å²) < 4.78 is 13.1. The minimum Gasteiger partial charge on any atom is -0.493 e. The van der Waals surface area contributed by atoms with E-state index in [1.807, 2.05) is 25.4 Å². The van der Waals surface area contributed by atoms with E-state index in [1.165, 1.54) is 30.5 Å². The number of aromatic nitrogens is 3. The van der Waals surface area contributed by atoms with E-state index in [-0.39, 0.29) is 0 Å². The number of aromatic amines is 1. The summed E-state index contributed by atoms with van der Waals surface area (Å²) >= 11 is 0. The van der Waals surface area contributed by atoms with Crippen LogP contribution < -0.4 is 9.47 Å².